The van der Waals surface area contributed by atoms with Gasteiger partial charge in [-0.2, -0.15) is 5.10 Å². The van der Waals surface area contributed by atoms with Crippen molar-refractivity contribution >= 4 is 35.1 Å². The van der Waals surface area contributed by atoms with Crippen LogP contribution in [0.2, 0.25) is 5.02 Å². The molecule has 0 fully saturated rings. The van der Waals surface area contributed by atoms with Crippen LogP contribution >= 0.6 is 23.8 Å². The molecule has 0 spiro atoms. The van der Waals surface area contributed by atoms with Crippen molar-refractivity contribution in [3.05, 3.63) is 34.9 Å². The van der Waals surface area contributed by atoms with E-state index in [1.165, 1.54) is 5.56 Å². The fourth-order valence-electron chi connectivity index (χ4n) is 1.22. The molecule has 0 amide bonds. The smallest absolute Gasteiger partial charge is 0.184 e. The minimum atomic E-state index is 0.189. The maximum absolute atomic E-state index is 5.79. The molecule has 0 bridgehead atoms. The number of nitrogens with two attached hydrogens (primary N) is 1. The molecule has 0 aliphatic rings. The summed E-state index contributed by atoms with van der Waals surface area (Å²) < 4.78 is 0. The van der Waals surface area contributed by atoms with E-state index in [1.54, 1.807) is 6.21 Å². The van der Waals surface area contributed by atoms with Crippen molar-refractivity contribution in [1.82, 2.24) is 5.43 Å². The predicted molar refractivity (Wildman–Crippen MR) is 72.8 cm³/mol. The van der Waals surface area contributed by atoms with Gasteiger partial charge in [0.2, 0.25) is 0 Å². The van der Waals surface area contributed by atoms with Crippen LogP contribution < -0.4 is 11.2 Å². The number of aryl methyl sites for hydroxylation is 1. The van der Waals surface area contributed by atoms with Crippen LogP contribution in [0.4, 0.5) is 0 Å². The number of benzene rings is 1. The van der Waals surface area contributed by atoms with Crippen LogP contribution in [-0.4, -0.2) is 11.3 Å². The molecule has 0 aliphatic heterocycles. The largest absolute Gasteiger partial charge is 0.375 e. The first-order chi connectivity index (χ1) is 7.68. The van der Waals surface area contributed by atoms with Crippen LogP contribution in [0.1, 0.15) is 18.4 Å². The summed E-state index contributed by atoms with van der Waals surface area (Å²) in [4.78, 5) is 0. The van der Waals surface area contributed by atoms with Gasteiger partial charge in [0.05, 0.1) is 0 Å². The number of nitrogens with one attached hydrogen (secondary N) is 1. The Morgan fingerprint density at radius 2 is 2.12 bits per heavy atom. The minimum absolute atomic E-state index is 0.189. The van der Waals surface area contributed by atoms with Gasteiger partial charge in [-0.3, -0.25) is 5.43 Å². The molecule has 16 heavy (non-hydrogen) atoms. The molecule has 3 N–H and O–H groups in total. The number of nitrogens with zero attached hydrogens (tertiary/aromatic N) is 1. The summed E-state index contributed by atoms with van der Waals surface area (Å²) >= 11 is 10.4. The van der Waals surface area contributed by atoms with Gasteiger partial charge in [-0.05, 0) is 49.2 Å². The van der Waals surface area contributed by atoms with E-state index >= 15 is 0 Å². The molecule has 0 aromatic heterocycles. The Kier molecular flexibility index (Phi) is 5.82. The summed E-state index contributed by atoms with van der Waals surface area (Å²) in [5.41, 5.74) is 9.00. The summed E-state index contributed by atoms with van der Waals surface area (Å²) in [5, 5.41) is 4.81. The van der Waals surface area contributed by atoms with Crippen molar-refractivity contribution in [2.24, 2.45) is 10.8 Å². The van der Waals surface area contributed by atoms with Gasteiger partial charge in [-0.1, -0.05) is 23.7 Å². The average molecular weight is 256 g/mol. The Hall–Kier alpha value is -1.13. The first kappa shape index (κ1) is 12.9. The van der Waals surface area contributed by atoms with Gasteiger partial charge in [0.1, 0.15) is 0 Å². The lowest BCUT2D eigenvalue weighted by molar-refractivity contribution is 0.866. The van der Waals surface area contributed by atoms with E-state index in [4.69, 9.17) is 17.3 Å². The van der Waals surface area contributed by atoms with Crippen molar-refractivity contribution in [3.8, 4) is 0 Å². The van der Waals surface area contributed by atoms with Gasteiger partial charge < -0.3 is 5.73 Å². The minimum Gasteiger partial charge on any atom is -0.375 e. The predicted octanol–water partition coefficient (Wildman–Crippen LogP) is 2.48. The Morgan fingerprint density at radius 1 is 1.44 bits per heavy atom. The van der Waals surface area contributed by atoms with Gasteiger partial charge in [0.15, 0.2) is 5.11 Å². The van der Waals surface area contributed by atoms with E-state index in [0.717, 1.165) is 24.3 Å². The van der Waals surface area contributed by atoms with Crippen molar-refractivity contribution in [2.75, 3.05) is 0 Å². The zero-order valence-corrected chi connectivity index (χ0v) is 10.4. The lowest BCUT2D eigenvalue weighted by atomic mass is 10.1. The summed E-state index contributed by atoms with van der Waals surface area (Å²) in [5.74, 6) is 0. The summed E-state index contributed by atoms with van der Waals surface area (Å²) in [6.45, 7) is 0. The maximum atomic E-state index is 5.79. The van der Waals surface area contributed by atoms with Gasteiger partial charge in [-0.15, -0.1) is 0 Å². The third kappa shape index (κ3) is 5.68. The number of halogens is 1. The number of unbranched alkanes of at least 4 members (excludes halogenated alkanes) is 1. The van der Waals surface area contributed by atoms with E-state index in [0.29, 0.717) is 0 Å². The quantitative estimate of drug-likeness (QED) is 0.368. The SMILES string of the molecule is NC(=S)NN=CCCCc1ccc(Cl)cc1. The van der Waals surface area contributed by atoms with E-state index in [-0.39, 0.29) is 5.11 Å². The normalized spacial score (nSPS) is 10.6. The molecule has 0 unspecified atom stereocenters. The Bertz CT molecular complexity index is 362. The number of hydrogen-bond acceptors (Lipinski definition) is 2. The first-order valence-electron chi connectivity index (χ1n) is 5.00. The molecule has 0 atom stereocenters. The van der Waals surface area contributed by atoms with Crippen molar-refractivity contribution in [1.29, 1.82) is 0 Å². The highest BCUT2D eigenvalue weighted by molar-refractivity contribution is 7.80. The molecular weight excluding hydrogens is 242 g/mol. The second-order valence-electron chi connectivity index (χ2n) is 3.31. The van der Waals surface area contributed by atoms with E-state index in [2.05, 4.69) is 22.7 Å². The summed E-state index contributed by atoms with van der Waals surface area (Å²) in [6.07, 6.45) is 4.70. The van der Waals surface area contributed by atoms with Gasteiger partial charge in [-0.25, -0.2) is 0 Å². The first-order valence-corrected chi connectivity index (χ1v) is 5.78. The molecule has 1 aromatic rings. The fraction of sp³-hybridized carbons (Fsp3) is 0.273. The molecular formula is C11H14ClN3S. The Labute approximate surface area is 106 Å². The van der Waals surface area contributed by atoms with Crippen LogP contribution in [-0.2, 0) is 6.42 Å². The number of thiocarbonyl (C=S) groups is 1. The molecule has 3 nitrogen and oxygen atoms in total. The second-order valence-corrected chi connectivity index (χ2v) is 4.18. The molecule has 5 heteroatoms. The molecule has 0 radical (unpaired) electrons. The molecule has 0 saturated carbocycles. The summed E-state index contributed by atoms with van der Waals surface area (Å²) in [7, 11) is 0. The fourth-order valence-corrected chi connectivity index (χ4v) is 1.40. The zero-order chi connectivity index (χ0) is 11.8. The van der Waals surface area contributed by atoms with Gasteiger partial charge in [0.25, 0.3) is 0 Å². The van der Waals surface area contributed by atoms with Crippen LogP contribution in [0.3, 0.4) is 0 Å². The van der Waals surface area contributed by atoms with E-state index in [1.807, 2.05) is 24.3 Å². The topological polar surface area (TPSA) is 50.4 Å². The molecule has 86 valence electrons. The third-order valence-electron chi connectivity index (χ3n) is 1.98. The lowest BCUT2D eigenvalue weighted by Gasteiger charge is -1.99. The van der Waals surface area contributed by atoms with Crippen molar-refractivity contribution in [2.45, 2.75) is 19.3 Å². The van der Waals surface area contributed by atoms with Gasteiger partial charge in [0, 0.05) is 11.2 Å². The number of hydrazone groups is 1. The number of hydrogen-bond donors (Lipinski definition) is 2. The monoisotopic (exact) mass is 255 g/mol. The zero-order valence-electron chi connectivity index (χ0n) is 8.82. The van der Waals surface area contributed by atoms with Crippen LogP contribution in [0.15, 0.2) is 29.4 Å². The van der Waals surface area contributed by atoms with E-state index in [9.17, 15) is 0 Å². The molecule has 1 rings (SSSR count). The van der Waals surface area contributed by atoms with Crippen LogP contribution in [0.25, 0.3) is 0 Å². The van der Waals surface area contributed by atoms with Crippen molar-refractivity contribution < 1.29 is 0 Å². The van der Waals surface area contributed by atoms with Crippen LogP contribution in [0, 0.1) is 0 Å². The molecule has 1 aromatic carbocycles. The highest BCUT2D eigenvalue weighted by Crippen LogP contribution is 2.11. The number of rotatable bonds is 5. The Morgan fingerprint density at radius 3 is 2.75 bits per heavy atom. The second kappa shape index (κ2) is 7.19. The molecule has 0 aliphatic carbocycles. The maximum Gasteiger partial charge on any atom is 0.184 e. The summed E-state index contributed by atoms with van der Waals surface area (Å²) in [6, 6.07) is 7.87. The van der Waals surface area contributed by atoms with Gasteiger partial charge >= 0.3 is 0 Å². The molecule has 0 heterocycles. The Balaban J connectivity index is 2.18. The highest BCUT2D eigenvalue weighted by atomic mass is 35.5. The van der Waals surface area contributed by atoms with E-state index < -0.39 is 0 Å². The van der Waals surface area contributed by atoms with Crippen molar-refractivity contribution in [3.63, 3.8) is 0 Å². The average Bonchev–Trinajstić information content (AvgIpc) is 2.25. The lowest BCUT2D eigenvalue weighted by Crippen LogP contribution is -2.23. The standard InChI is InChI=1S/C11H14ClN3S/c12-10-6-4-9(5-7-10)3-1-2-8-14-15-11(13)16/h4-8H,1-3H2,(H3,13,15,16). The van der Waals surface area contributed by atoms with Crippen LogP contribution in [0.5, 0.6) is 0 Å². The highest BCUT2D eigenvalue weighted by Gasteiger charge is 1.92. The molecule has 0 saturated heterocycles. The third-order valence-corrected chi connectivity index (χ3v) is 2.32.